The first-order chi connectivity index (χ1) is 31.4. The molecule has 12 rings (SSSR count). The van der Waals surface area contributed by atoms with E-state index in [9.17, 15) is 0 Å². The number of hydrogen-bond acceptors (Lipinski definition) is 2. The number of thiophene rings is 1. The molecule has 11 aromatic rings. The van der Waals surface area contributed by atoms with E-state index in [1.54, 1.807) is 11.3 Å². The van der Waals surface area contributed by atoms with Gasteiger partial charge in [0.25, 0.3) is 0 Å². The van der Waals surface area contributed by atoms with Crippen molar-refractivity contribution in [3.8, 4) is 33.4 Å². The molecule has 1 N–H and O–H groups in total. The predicted molar refractivity (Wildman–Crippen MR) is 276 cm³/mol. The number of hydrogen-bond donors (Lipinski definition) is 1. The summed E-state index contributed by atoms with van der Waals surface area (Å²) >= 11 is 1.79. The Kier molecular flexibility index (Phi) is 8.89. The molecule has 1 aliphatic rings. The number of rotatable bonds is 6. The molecule has 64 heavy (non-hydrogen) atoms. The summed E-state index contributed by atoms with van der Waals surface area (Å²) in [7, 11) is 0. The van der Waals surface area contributed by atoms with Gasteiger partial charge in [-0.2, -0.15) is 0 Å². The predicted octanol–water partition coefficient (Wildman–Crippen LogP) is 16.7. The molecule has 0 unspecified atom stereocenters. The highest BCUT2D eigenvalue weighted by molar-refractivity contribution is 7.25. The molecule has 0 spiro atoms. The third-order valence-electron chi connectivity index (χ3n) is 13.4. The zero-order chi connectivity index (χ0) is 42.9. The van der Waals surface area contributed by atoms with E-state index in [4.69, 9.17) is 10.4 Å². The van der Waals surface area contributed by atoms with Crippen LogP contribution in [-0.2, 0) is 5.41 Å². The molecule has 0 bridgehead atoms. The van der Waals surface area contributed by atoms with Crippen LogP contribution in [0.15, 0.2) is 211 Å². The SMILES string of the molecule is CC1(C)c2ccc(-c3ccc(-c4ccc(/C=C/C(=NC(=N)c5ccccc5)c5cccc6sc7ccccc7c56)c5ccccc45)c4ccccc34)cc2-c2c1ccc1ccccc21. The van der Waals surface area contributed by atoms with E-state index in [1.807, 2.05) is 30.3 Å². The zero-order valence-electron chi connectivity index (χ0n) is 35.6. The minimum atomic E-state index is -0.0753. The van der Waals surface area contributed by atoms with E-state index in [0.717, 1.165) is 27.8 Å². The number of benzene rings is 10. The van der Waals surface area contributed by atoms with Crippen LogP contribution < -0.4 is 0 Å². The van der Waals surface area contributed by atoms with E-state index >= 15 is 0 Å². The quantitative estimate of drug-likeness (QED) is 0.128. The van der Waals surface area contributed by atoms with Crippen molar-refractivity contribution in [3.63, 3.8) is 0 Å². The van der Waals surface area contributed by atoms with Crippen molar-refractivity contribution in [1.29, 1.82) is 5.41 Å². The van der Waals surface area contributed by atoms with Crippen molar-refractivity contribution in [3.05, 3.63) is 234 Å². The van der Waals surface area contributed by atoms with Crippen molar-refractivity contribution in [2.24, 2.45) is 4.99 Å². The molecule has 0 amide bonds. The van der Waals surface area contributed by atoms with E-state index in [2.05, 4.69) is 196 Å². The van der Waals surface area contributed by atoms with Crippen LogP contribution in [0.1, 0.15) is 41.7 Å². The topological polar surface area (TPSA) is 36.2 Å². The van der Waals surface area contributed by atoms with Crippen LogP contribution in [0.25, 0.3) is 91.9 Å². The van der Waals surface area contributed by atoms with Crippen molar-refractivity contribution in [1.82, 2.24) is 0 Å². The summed E-state index contributed by atoms with van der Waals surface area (Å²) in [5.74, 6) is 0.231. The van der Waals surface area contributed by atoms with Gasteiger partial charge in [-0.25, -0.2) is 4.99 Å². The van der Waals surface area contributed by atoms with Gasteiger partial charge in [0.2, 0.25) is 0 Å². The Hall–Kier alpha value is -7.72. The fourth-order valence-electron chi connectivity index (χ4n) is 10.3. The van der Waals surface area contributed by atoms with Gasteiger partial charge in [-0.15, -0.1) is 11.3 Å². The van der Waals surface area contributed by atoms with Crippen LogP contribution in [0.5, 0.6) is 0 Å². The largest absolute Gasteiger partial charge is 0.282 e. The number of fused-ring (bicyclic) bond motifs is 10. The lowest BCUT2D eigenvalue weighted by Crippen LogP contribution is -2.14. The average Bonchev–Trinajstić information content (AvgIpc) is 3.84. The Labute approximate surface area is 376 Å². The lowest BCUT2D eigenvalue weighted by atomic mass is 9.81. The second-order valence-electron chi connectivity index (χ2n) is 17.4. The summed E-state index contributed by atoms with van der Waals surface area (Å²) < 4.78 is 2.45. The Bertz CT molecular complexity index is 3770. The Morgan fingerprint density at radius 1 is 0.500 bits per heavy atom. The standard InChI is InChI=1S/C61H42N2S/c1-61(2)53-34-29-41(37-52(53)58-44-19-7-6-15-38(44)28-35-54(58)61)43-32-33-49(47-22-11-10-21-46(43)47)48-31-27-39(42-18-8-9-20-45(42)48)30-36-55(63-60(62)40-16-4-3-5-17-40)50-24-14-26-57-59(50)51-23-12-13-25-56(51)64-57/h3-37,62H,1-2H3/b36-30+,62-60?,63-55?. The molecular weight excluding hydrogens is 793 g/mol. The molecule has 1 aliphatic carbocycles. The molecule has 1 aromatic heterocycles. The van der Waals surface area contributed by atoms with Crippen LogP contribution >= 0.6 is 11.3 Å². The molecule has 0 radical (unpaired) electrons. The number of amidine groups is 1. The Morgan fingerprint density at radius 2 is 1.11 bits per heavy atom. The third kappa shape index (κ3) is 6.07. The number of aliphatic imine (C=N–C) groups is 1. The monoisotopic (exact) mass is 834 g/mol. The summed E-state index contributed by atoms with van der Waals surface area (Å²) in [6.07, 6.45) is 4.28. The highest BCUT2D eigenvalue weighted by Gasteiger charge is 2.36. The maximum Gasteiger partial charge on any atom is 0.152 e. The van der Waals surface area contributed by atoms with Crippen LogP contribution in [0, 0.1) is 5.41 Å². The first-order valence-electron chi connectivity index (χ1n) is 22.0. The highest BCUT2D eigenvalue weighted by atomic mass is 32.1. The summed E-state index contributed by atoms with van der Waals surface area (Å²) in [5.41, 5.74) is 13.9. The van der Waals surface area contributed by atoms with Gasteiger partial charge in [0.1, 0.15) is 0 Å². The van der Waals surface area contributed by atoms with Crippen molar-refractivity contribution in [2.45, 2.75) is 19.3 Å². The van der Waals surface area contributed by atoms with Gasteiger partial charge >= 0.3 is 0 Å². The van der Waals surface area contributed by atoms with Gasteiger partial charge in [0, 0.05) is 36.7 Å². The second-order valence-corrected chi connectivity index (χ2v) is 18.5. The minimum Gasteiger partial charge on any atom is -0.282 e. The molecule has 2 nitrogen and oxygen atoms in total. The summed E-state index contributed by atoms with van der Waals surface area (Å²) in [6.45, 7) is 4.72. The third-order valence-corrected chi connectivity index (χ3v) is 14.6. The normalized spacial score (nSPS) is 13.4. The zero-order valence-corrected chi connectivity index (χ0v) is 36.4. The lowest BCUT2D eigenvalue weighted by Gasteiger charge is -2.22. The molecule has 0 atom stereocenters. The van der Waals surface area contributed by atoms with Crippen molar-refractivity contribution < 1.29 is 0 Å². The van der Waals surface area contributed by atoms with Crippen LogP contribution in [0.4, 0.5) is 0 Å². The van der Waals surface area contributed by atoms with E-state index in [0.29, 0.717) is 0 Å². The maximum absolute atomic E-state index is 9.10. The van der Waals surface area contributed by atoms with E-state index < -0.39 is 0 Å². The van der Waals surface area contributed by atoms with Crippen molar-refractivity contribution >= 4 is 81.4 Å². The molecule has 0 saturated heterocycles. The summed E-state index contributed by atoms with van der Waals surface area (Å²) in [6, 6.07) is 72.1. The van der Waals surface area contributed by atoms with E-state index in [-0.39, 0.29) is 11.3 Å². The Balaban J connectivity index is 0.971. The van der Waals surface area contributed by atoms with Crippen LogP contribution in [0.3, 0.4) is 0 Å². The number of allylic oxidation sites excluding steroid dienone is 1. The van der Waals surface area contributed by atoms with Crippen LogP contribution in [-0.4, -0.2) is 11.5 Å². The molecule has 302 valence electrons. The molecule has 1 heterocycles. The second kappa shape index (κ2) is 15.0. The number of nitrogens with zero attached hydrogens (tertiary/aromatic N) is 1. The lowest BCUT2D eigenvalue weighted by molar-refractivity contribution is 0.661. The van der Waals surface area contributed by atoms with Gasteiger partial charge in [-0.1, -0.05) is 202 Å². The molecule has 0 aliphatic heterocycles. The van der Waals surface area contributed by atoms with E-state index in [1.165, 1.54) is 91.6 Å². The van der Waals surface area contributed by atoms with Crippen molar-refractivity contribution in [2.75, 3.05) is 0 Å². The number of nitrogens with one attached hydrogen (secondary N) is 1. The molecule has 0 fully saturated rings. The minimum absolute atomic E-state index is 0.0753. The van der Waals surface area contributed by atoms with Gasteiger partial charge in [0.15, 0.2) is 5.84 Å². The van der Waals surface area contributed by atoms with Crippen LogP contribution in [0.2, 0.25) is 0 Å². The maximum atomic E-state index is 9.10. The molecule has 3 heteroatoms. The fraction of sp³-hybridized carbons (Fsp3) is 0.0492. The molecule has 0 saturated carbocycles. The Morgan fingerprint density at radius 3 is 1.91 bits per heavy atom. The van der Waals surface area contributed by atoms with Gasteiger partial charge in [-0.05, 0) is 107 Å². The summed E-state index contributed by atoms with van der Waals surface area (Å²) in [5, 5.41) is 18.9. The smallest absolute Gasteiger partial charge is 0.152 e. The first kappa shape index (κ1) is 38.0. The molecular formula is C61H42N2S. The fourth-order valence-corrected chi connectivity index (χ4v) is 11.4. The first-order valence-corrected chi connectivity index (χ1v) is 22.8. The van der Waals surface area contributed by atoms with Gasteiger partial charge in [0.05, 0.1) is 5.71 Å². The summed E-state index contributed by atoms with van der Waals surface area (Å²) in [4.78, 5) is 5.05. The van der Waals surface area contributed by atoms with Gasteiger partial charge < -0.3 is 0 Å². The highest BCUT2D eigenvalue weighted by Crippen LogP contribution is 2.52. The average molecular weight is 835 g/mol. The molecule has 10 aromatic carbocycles. The van der Waals surface area contributed by atoms with Gasteiger partial charge in [-0.3, -0.25) is 5.41 Å².